The van der Waals surface area contributed by atoms with Gasteiger partial charge < -0.3 is 10.1 Å². The summed E-state index contributed by atoms with van der Waals surface area (Å²) < 4.78 is 6.90. The number of benzene rings is 3. The average molecular weight is 480 g/mol. The van der Waals surface area contributed by atoms with Gasteiger partial charge in [0.2, 0.25) is 5.91 Å². The molecule has 0 bridgehead atoms. The molecule has 4 aromatic rings. The first-order valence-electron chi connectivity index (χ1n) is 10.3. The average Bonchev–Trinajstić information content (AvgIpc) is 2.81. The van der Waals surface area contributed by atoms with Gasteiger partial charge in [-0.2, -0.15) is 0 Å². The fraction of sp³-hybridized carbons (Fsp3) is 0.160. The summed E-state index contributed by atoms with van der Waals surface area (Å²) in [6.07, 6.45) is 0. The van der Waals surface area contributed by atoms with Crippen LogP contribution in [0.4, 0.5) is 5.69 Å². The molecule has 33 heavy (non-hydrogen) atoms. The number of aryl methyl sites for hydroxylation is 1. The number of carbonyl (C=O) groups excluding carboxylic acids is 1. The Kier molecular flexibility index (Phi) is 7.01. The summed E-state index contributed by atoms with van der Waals surface area (Å²) in [5.74, 6) is 0.429. The molecule has 0 radical (unpaired) electrons. The normalized spacial score (nSPS) is 10.9. The number of para-hydroxylation sites is 1. The first kappa shape index (κ1) is 22.9. The predicted octanol–water partition coefficient (Wildman–Crippen LogP) is 5.15. The Balaban J connectivity index is 1.63. The lowest BCUT2D eigenvalue weighted by atomic mass is 10.2. The third kappa shape index (κ3) is 5.21. The van der Waals surface area contributed by atoms with Crippen molar-refractivity contribution in [1.29, 1.82) is 0 Å². The van der Waals surface area contributed by atoms with Gasteiger partial charge in [0.1, 0.15) is 5.75 Å². The number of anilines is 1. The smallest absolute Gasteiger partial charge is 0.262 e. The summed E-state index contributed by atoms with van der Waals surface area (Å²) in [5, 5.41) is 4.41. The maximum Gasteiger partial charge on any atom is 0.262 e. The van der Waals surface area contributed by atoms with E-state index in [1.165, 1.54) is 11.8 Å². The van der Waals surface area contributed by atoms with Gasteiger partial charge in [-0.05, 0) is 48.4 Å². The van der Waals surface area contributed by atoms with E-state index >= 15 is 0 Å². The maximum absolute atomic E-state index is 13.3. The Morgan fingerprint density at radius 2 is 1.88 bits per heavy atom. The largest absolute Gasteiger partial charge is 0.495 e. The summed E-state index contributed by atoms with van der Waals surface area (Å²) in [6, 6.07) is 20.1. The molecule has 0 aliphatic rings. The number of amides is 1. The minimum atomic E-state index is -0.226. The van der Waals surface area contributed by atoms with Gasteiger partial charge in [0, 0.05) is 5.02 Å². The maximum atomic E-state index is 13.3. The molecule has 0 aliphatic carbocycles. The van der Waals surface area contributed by atoms with Crippen molar-refractivity contribution in [3.05, 3.63) is 93.2 Å². The number of methoxy groups -OCH3 is 1. The van der Waals surface area contributed by atoms with E-state index in [4.69, 9.17) is 16.3 Å². The molecular formula is C25H22ClN3O3S. The van der Waals surface area contributed by atoms with Crippen molar-refractivity contribution < 1.29 is 9.53 Å². The number of rotatable bonds is 7. The molecular weight excluding hydrogens is 458 g/mol. The standard InChI is InChI=1S/C25H22ClN3O3S/c1-16-11-12-22(32-2)21(13-16)27-23(30)15-33-25-28-20-10-6-4-8-18(20)24(31)29(25)14-17-7-3-5-9-19(17)26/h3-13H,14-15H2,1-2H3,(H,27,30). The van der Waals surface area contributed by atoms with Crippen molar-refractivity contribution in [2.45, 2.75) is 18.6 Å². The molecule has 1 heterocycles. The van der Waals surface area contributed by atoms with Crippen LogP contribution in [0, 0.1) is 6.92 Å². The third-order valence-electron chi connectivity index (χ3n) is 5.07. The number of ether oxygens (including phenoxy) is 1. The van der Waals surface area contributed by atoms with Gasteiger partial charge in [-0.3, -0.25) is 14.2 Å². The van der Waals surface area contributed by atoms with Crippen LogP contribution in [0.1, 0.15) is 11.1 Å². The van der Waals surface area contributed by atoms with Gasteiger partial charge in [-0.1, -0.05) is 59.8 Å². The van der Waals surface area contributed by atoms with Gasteiger partial charge >= 0.3 is 0 Å². The summed E-state index contributed by atoms with van der Waals surface area (Å²) >= 11 is 7.54. The molecule has 0 saturated heterocycles. The Morgan fingerprint density at radius 1 is 1.12 bits per heavy atom. The number of nitrogens with one attached hydrogen (secondary N) is 1. The van der Waals surface area contributed by atoms with Gasteiger partial charge in [0.15, 0.2) is 5.16 Å². The number of carbonyl (C=O) groups is 1. The van der Waals surface area contributed by atoms with Gasteiger partial charge in [0.25, 0.3) is 5.56 Å². The monoisotopic (exact) mass is 479 g/mol. The molecule has 168 valence electrons. The van der Waals surface area contributed by atoms with Gasteiger partial charge in [-0.15, -0.1) is 0 Å². The van der Waals surface area contributed by atoms with E-state index in [9.17, 15) is 9.59 Å². The second-order valence-electron chi connectivity index (χ2n) is 7.43. The Morgan fingerprint density at radius 3 is 2.67 bits per heavy atom. The SMILES string of the molecule is COc1ccc(C)cc1NC(=O)CSc1nc2ccccc2c(=O)n1Cc1ccccc1Cl. The molecule has 1 aromatic heterocycles. The Bertz CT molecular complexity index is 1390. The molecule has 3 aromatic carbocycles. The highest BCUT2D eigenvalue weighted by Gasteiger charge is 2.15. The Hall–Kier alpha value is -3.29. The zero-order chi connectivity index (χ0) is 23.4. The van der Waals surface area contributed by atoms with Gasteiger partial charge in [0.05, 0.1) is 36.0 Å². The number of halogens is 1. The van der Waals surface area contributed by atoms with E-state index in [0.29, 0.717) is 32.5 Å². The van der Waals surface area contributed by atoms with Crippen molar-refractivity contribution in [2.75, 3.05) is 18.2 Å². The first-order valence-corrected chi connectivity index (χ1v) is 11.6. The van der Waals surface area contributed by atoms with E-state index in [1.54, 1.807) is 35.9 Å². The lowest BCUT2D eigenvalue weighted by molar-refractivity contribution is -0.113. The second kappa shape index (κ2) is 10.1. The lowest BCUT2D eigenvalue weighted by Gasteiger charge is -2.14. The number of thioether (sulfide) groups is 1. The molecule has 0 saturated carbocycles. The molecule has 0 aliphatic heterocycles. The number of aromatic nitrogens is 2. The number of hydrogen-bond donors (Lipinski definition) is 1. The van der Waals surface area contributed by atoms with Crippen molar-refractivity contribution in [2.24, 2.45) is 0 Å². The molecule has 1 amide bonds. The van der Waals surface area contributed by atoms with Crippen molar-refractivity contribution in [3.63, 3.8) is 0 Å². The number of nitrogens with zero attached hydrogens (tertiary/aromatic N) is 2. The highest BCUT2D eigenvalue weighted by molar-refractivity contribution is 7.99. The van der Waals surface area contributed by atoms with Crippen LogP contribution in [-0.4, -0.2) is 28.3 Å². The number of fused-ring (bicyclic) bond motifs is 1. The Labute approximate surface area is 200 Å². The van der Waals surface area contributed by atoms with Crippen LogP contribution >= 0.6 is 23.4 Å². The zero-order valence-electron chi connectivity index (χ0n) is 18.2. The topological polar surface area (TPSA) is 73.2 Å². The van der Waals surface area contributed by atoms with Crippen LogP contribution in [0.25, 0.3) is 10.9 Å². The summed E-state index contributed by atoms with van der Waals surface area (Å²) in [4.78, 5) is 30.7. The fourth-order valence-electron chi connectivity index (χ4n) is 3.43. The van der Waals surface area contributed by atoms with Crippen LogP contribution in [-0.2, 0) is 11.3 Å². The van der Waals surface area contributed by atoms with E-state index < -0.39 is 0 Å². The van der Waals surface area contributed by atoms with Crippen LogP contribution < -0.4 is 15.6 Å². The highest BCUT2D eigenvalue weighted by atomic mass is 35.5. The molecule has 0 atom stereocenters. The van der Waals surface area contributed by atoms with Crippen LogP contribution in [0.5, 0.6) is 5.75 Å². The molecule has 4 rings (SSSR count). The summed E-state index contributed by atoms with van der Waals surface area (Å²) in [5.41, 5.74) is 2.81. The molecule has 1 N–H and O–H groups in total. The predicted molar refractivity (Wildman–Crippen MR) is 134 cm³/mol. The molecule has 6 nitrogen and oxygen atoms in total. The quantitative estimate of drug-likeness (QED) is 0.293. The van der Waals surface area contributed by atoms with Crippen LogP contribution in [0.3, 0.4) is 0 Å². The molecule has 0 unspecified atom stereocenters. The molecule has 8 heteroatoms. The minimum absolute atomic E-state index is 0.0738. The van der Waals surface area contributed by atoms with Crippen molar-refractivity contribution in [1.82, 2.24) is 9.55 Å². The lowest BCUT2D eigenvalue weighted by Crippen LogP contribution is -2.25. The van der Waals surface area contributed by atoms with E-state index in [2.05, 4.69) is 10.3 Å². The fourth-order valence-corrected chi connectivity index (χ4v) is 4.42. The van der Waals surface area contributed by atoms with E-state index in [-0.39, 0.29) is 23.8 Å². The van der Waals surface area contributed by atoms with E-state index in [0.717, 1.165) is 11.1 Å². The van der Waals surface area contributed by atoms with Crippen LogP contribution in [0.15, 0.2) is 76.7 Å². The molecule has 0 fully saturated rings. The first-order chi connectivity index (χ1) is 16.0. The third-order valence-corrected chi connectivity index (χ3v) is 6.42. The number of hydrogen-bond acceptors (Lipinski definition) is 5. The van der Waals surface area contributed by atoms with E-state index in [1.807, 2.05) is 49.4 Å². The van der Waals surface area contributed by atoms with Crippen molar-refractivity contribution >= 4 is 45.9 Å². The highest BCUT2D eigenvalue weighted by Crippen LogP contribution is 2.26. The molecule has 0 spiro atoms. The van der Waals surface area contributed by atoms with Gasteiger partial charge in [-0.25, -0.2) is 4.98 Å². The minimum Gasteiger partial charge on any atom is -0.495 e. The van der Waals surface area contributed by atoms with Crippen LogP contribution in [0.2, 0.25) is 5.02 Å². The second-order valence-corrected chi connectivity index (χ2v) is 8.78. The van der Waals surface area contributed by atoms with Crippen molar-refractivity contribution in [3.8, 4) is 5.75 Å². The zero-order valence-corrected chi connectivity index (χ0v) is 19.7. The summed E-state index contributed by atoms with van der Waals surface area (Å²) in [7, 11) is 1.56. The summed E-state index contributed by atoms with van der Waals surface area (Å²) in [6.45, 7) is 2.20.